The van der Waals surface area contributed by atoms with Gasteiger partial charge in [-0.2, -0.15) is 11.8 Å². The maximum Gasteiger partial charge on any atom is 0.304 e. The fourth-order valence-corrected chi connectivity index (χ4v) is 2.44. The number of benzene rings is 1. The molecular formula is C13H16BrNO3S. The lowest BCUT2D eigenvalue weighted by Gasteiger charge is -2.14. The molecule has 0 radical (unpaired) electrons. The predicted molar refractivity (Wildman–Crippen MR) is 80.3 cm³/mol. The Hall–Kier alpha value is -1.01. The zero-order chi connectivity index (χ0) is 14.3. The monoisotopic (exact) mass is 345 g/mol. The maximum atomic E-state index is 11.6. The second-order valence-electron chi connectivity index (χ2n) is 4.04. The maximum absolute atomic E-state index is 11.6. The van der Waals surface area contributed by atoms with E-state index in [2.05, 4.69) is 21.2 Å². The van der Waals surface area contributed by atoms with Crippen LogP contribution in [0, 0.1) is 0 Å². The van der Waals surface area contributed by atoms with Crippen molar-refractivity contribution in [2.45, 2.75) is 19.4 Å². The van der Waals surface area contributed by atoms with E-state index in [4.69, 9.17) is 5.11 Å². The number of carboxylic acids is 1. The minimum absolute atomic E-state index is 0.0549. The fourth-order valence-electron chi connectivity index (χ4n) is 1.44. The van der Waals surface area contributed by atoms with Gasteiger partial charge in [0.15, 0.2) is 0 Å². The Morgan fingerprint density at radius 1 is 1.37 bits per heavy atom. The number of hydrogen-bond acceptors (Lipinski definition) is 3. The molecule has 0 heterocycles. The van der Waals surface area contributed by atoms with Gasteiger partial charge in [-0.05, 0) is 24.6 Å². The molecule has 4 nitrogen and oxygen atoms in total. The predicted octanol–water partition coefficient (Wildman–Crippen LogP) is 2.83. The Morgan fingerprint density at radius 2 is 2.00 bits per heavy atom. The van der Waals surface area contributed by atoms with E-state index < -0.39 is 5.97 Å². The summed E-state index contributed by atoms with van der Waals surface area (Å²) in [5, 5.41) is 11.4. The Balaban J connectivity index is 2.31. The van der Waals surface area contributed by atoms with E-state index in [0.29, 0.717) is 5.75 Å². The summed E-state index contributed by atoms with van der Waals surface area (Å²) in [5.74, 6) is -0.175. The molecule has 1 atom stereocenters. The first-order valence-electron chi connectivity index (χ1n) is 5.83. The number of aliphatic carboxylic acids is 1. The number of amides is 1. The van der Waals surface area contributed by atoms with Crippen molar-refractivity contribution in [2.24, 2.45) is 0 Å². The highest BCUT2D eigenvalue weighted by Gasteiger charge is 2.09. The zero-order valence-corrected chi connectivity index (χ0v) is 13.0. The third-order valence-corrected chi connectivity index (χ3v) is 3.93. The molecule has 1 unspecified atom stereocenters. The smallest absolute Gasteiger partial charge is 0.304 e. The molecule has 1 rings (SSSR count). The zero-order valence-electron chi connectivity index (χ0n) is 10.6. The summed E-state index contributed by atoms with van der Waals surface area (Å²) in [7, 11) is 0. The van der Waals surface area contributed by atoms with Crippen LogP contribution in [0.5, 0.6) is 0 Å². The number of carbonyl (C=O) groups is 2. The van der Waals surface area contributed by atoms with Crippen LogP contribution in [0.1, 0.15) is 24.9 Å². The van der Waals surface area contributed by atoms with E-state index in [1.165, 1.54) is 11.8 Å². The summed E-state index contributed by atoms with van der Waals surface area (Å²) < 4.78 is 0.999. The van der Waals surface area contributed by atoms with Gasteiger partial charge in [-0.1, -0.05) is 28.1 Å². The fraction of sp³-hybridized carbons (Fsp3) is 0.385. The molecule has 0 fully saturated rings. The molecule has 0 saturated carbocycles. The average molecular weight is 346 g/mol. The van der Waals surface area contributed by atoms with Crippen molar-refractivity contribution in [2.75, 3.05) is 11.5 Å². The molecule has 0 bridgehead atoms. The third kappa shape index (κ3) is 6.63. The van der Waals surface area contributed by atoms with Gasteiger partial charge in [-0.15, -0.1) is 0 Å². The van der Waals surface area contributed by atoms with E-state index in [1.807, 2.05) is 31.2 Å². The van der Waals surface area contributed by atoms with Crippen LogP contribution in [-0.4, -0.2) is 28.5 Å². The summed E-state index contributed by atoms with van der Waals surface area (Å²) >= 11 is 4.69. The molecule has 1 aromatic rings. The molecule has 0 aliphatic carbocycles. The van der Waals surface area contributed by atoms with Crippen LogP contribution in [0.2, 0.25) is 0 Å². The molecule has 6 heteroatoms. The van der Waals surface area contributed by atoms with Crippen LogP contribution in [0.3, 0.4) is 0 Å². The van der Waals surface area contributed by atoms with Gasteiger partial charge in [0.2, 0.25) is 5.91 Å². The molecule has 2 N–H and O–H groups in total. The van der Waals surface area contributed by atoms with Gasteiger partial charge in [0.25, 0.3) is 0 Å². The van der Waals surface area contributed by atoms with Crippen LogP contribution in [-0.2, 0) is 9.59 Å². The van der Waals surface area contributed by atoms with Crippen LogP contribution in [0.15, 0.2) is 28.7 Å². The Kier molecular flexibility index (Phi) is 6.94. The van der Waals surface area contributed by atoms with Gasteiger partial charge >= 0.3 is 5.97 Å². The highest BCUT2D eigenvalue weighted by atomic mass is 79.9. The first-order valence-corrected chi connectivity index (χ1v) is 7.78. The van der Waals surface area contributed by atoms with E-state index in [-0.39, 0.29) is 24.1 Å². The van der Waals surface area contributed by atoms with E-state index >= 15 is 0 Å². The average Bonchev–Trinajstić information content (AvgIpc) is 2.35. The van der Waals surface area contributed by atoms with Gasteiger partial charge in [0.05, 0.1) is 18.2 Å². The van der Waals surface area contributed by atoms with Crippen molar-refractivity contribution in [1.82, 2.24) is 5.32 Å². The van der Waals surface area contributed by atoms with E-state index in [9.17, 15) is 9.59 Å². The topological polar surface area (TPSA) is 66.4 Å². The molecule has 0 spiro atoms. The van der Waals surface area contributed by atoms with Gasteiger partial charge in [-0.3, -0.25) is 9.59 Å². The summed E-state index contributed by atoms with van der Waals surface area (Å²) in [4.78, 5) is 22.0. The van der Waals surface area contributed by atoms with E-state index in [0.717, 1.165) is 10.0 Å². The molecule has 0 saturated heterocycles. The number of carboxylic acid groups (broad SMARTS) is 1. The summed E-state index contributed by atoms with van der Waals surface area (Å²) in [6.45, 7) is 1.92. The molecule has 0 aliphatic heterocycles. The van der Waals surface area contributed by atoms with Crippen LogP contribution in [0.25, 0.3) is 0 Å². The molecule has 1 amide bonds. The lowest BCUT2D eigenvalue weighted by molar-refractivity contribution is -0.136. The summed E-state index contributed by atoms with van der Waals surface area (Å²) in [6.07, 6.45) is 0.0835. The number of carbonyl (C=O) groups excluding carboxylic acids is 1. The standard InChI is InChI=1S/C13H16BrNO3S/c1-9(10-2-4-11(14)5-3-10)15-12(16)8-19-7-6-13(17)18/h2-5,9H,6-8H2,1H3,(H,15,16)(H,17,18). The van der Waals surface area contributed by atoms with Gasteiger partial charge < -0.3 is 10.4 Å². The highest BCUT2D eigenvalue weighted by Crippen LogP contribution is 2.16. The van der Waals surface area contributed by atoms with Crippen LogP contribution >= 0.6 is 27.7 Å². The molecular weight excluding hydrogens is 330 g/mol. The number of rotatable bonds is 7. The van der Waals surface area contributed by atoms with Crippen molar-refractivity contribution in [3.05, 3.63) is 34.3 Å². The van der Waals surface area contributed by atoms with Crippen molar-refractivity contribution in [3.8, 4) is 0 Å². The Labute approximate surface area is 125 Å². The first kappa shape index (κ1) is 16.0. The van der Waals surface area contributed by atoms with Crippen molar-refractivity contribution >= 4 is 39.6 Å². The van der Waals surface area contributed by atoms with Crippen molar-refractivity contribution in [3.63, 3.8) is 0 Å². The van der Waals surface area contributed by atoms with Crippen LogP contribution < -0.4 is 5.32 Å². The summed E-state index contributed by atoms with van der Waals surface area (Å²) in [5.41, 5.74) is 1.03. The molecule has 104 valence electrons. The largest absolute Gasteiger partial charge is 0.481 e. The number of nitrogens with one attached hydrogen (secondary N) is 1. The normalized spacial score (nSPS) is 11.9. The quantitative estimate of drug-likeness (QED) is 0.745. The Bertz CT molecular complexity index is 436. The molecule has 1 aromatic carbocycles. The summed E-state index contributed by atoms with van der Waals surface area (Å²) in [6, 6.07) is 7.71. The van der Waals surface area contributed by atoms with Gasteiger partial charge in [0.1, 0.15) is 0 Å². The lowest BCUT2D eigenvalue weighted by Crippen LogP contribution is -2.28. The van der Waals surface area contributed by atoms with Gasteiger partial charge in [-0.25, -0.2) is 0 Å². The third-order valence-electron chi connectivity index (χ3n) is 2.44. The lowest BCUT2D eigenvalue weighted by atomic mass is 10.1. The first-order chi connectivity index (χ1) is 8.99. The number of hydrogen-bond donors (Lipinski definition) is 2. The minimum Gasteiger partial charge on any atom is -0.481 e. The second kappa shape index (κ2) is 8.22. The second-order valence-corrected chi connectivity index (χ2v) is 6.06. The van der Waals surface area contributed by atoms with Crippen LogP contribution in [0.4, 0.5) is 0 Å². The van der Waals surface area contributed by atoms with E-state index in [1.54, 1.807) is 0 Å². The van der Waals surface area contributed by atoms with Crippen molar-refractivity contribution < 1.29 is 14.7 Å². The van der Waals surface area contributed by atoms with Crippen molar-refractivity contribution in [1.29, 1.82) is 0 Å². The SMILES string of the molecule is CC(NC(=O)CSCCC(=O)O)c1ccc(Br)cc1. The number of halogens is 1. The number of thioether (sulfide) groups is 1. The molecule has 0 aromatic heterocycles. The molecule has 19 heavy (non-hydrogen) atoms. The minimum atomic E-state index is -0.837. The highest BCUT2D eigenvalue weighted by molar-refractivity contribution is 9.10. The Morgan fingerprint density at radius 3 is 2.58 bits per heavy atom. The van der Waals surface area contributed by atoms with Gasteiger partial charge in [0, 0.05) is 10.2 Å². The molecule has 0 aliphatic rings.